The zero-order valence-corrected chi connectivity index (χ0v) is 13.6. The molecule has 0 bridgehead atoms. The molecule has 0 radical (unpaired) electrons. The van der Waals surface area contributed by atoms with Gasteiger partial charge in [-0.15, -0.1) is 0 Å². The molecule has 4 nitrogen and oxygen atoms in total. The van der Waals surface area contributed by atoms with E-state index < -0.39 is 0 Å². The normalized spacial score (nSPS) is 18.3. The summed E-state index contributed by atoms with van der Waals surface area (Å²) in [6, 6.07) is 12.4. The van der Waals surface area contributed by atoms with Gasteiger partial charge in [-0.2, -0.15) is 0 Å². The molecule has 2 aromatic rings. The van der Waals surface area contributed by atoms with Crippen molar-refractivity contribution in [2.75, 3.05) is 13.6 Å². The molecule has 1 saturated heterocycles. The Kier molecular flexibility index (Phi) is 4.33. The lowest BCUT2D eigenvalue weighted by atomic mass is 9.95. The number of likely N-dealkylation sites (tertiary alicyclic amines) is 1. The number of carbonyl (C=O) groups is 2. The number of amides is 2. The van der Waals surface area contributed by atoms with Crippen molar-refractivity contribution in [2.45, 2.75) is 26.3 Å². The second kappa shape index (κ2) is 6.41. The van der Waals surface area contributed by atoms with Crippen molar-refractivity contribution in [3.8, 4) is 0 Å². The molecule has 1 N–H and O–H groups in total. The van der Waals surface area contributed by atoms with Crippen LogP contribution in [0.3, 0.4) is 0 Å². The van der Waals surface area contributed by atoms with Gasteiger partial charge in [0.05, 0.1) is 0 Å². The molecule has 2 amide bonds. The van der Waals surface area contributed by atoms with Gasteiger partial charge in [-0.25, -0.2) is 0 Å². The zero-order valence-electron chi connectivity index (χ0n) is 13.6. The van der Waals surface area contributed by atoms with Gasteiger partial charge in [-0.05, 0) is 35.2 Å². The van der Waals surface area contributed by atoms with Crippen molar-refractivity contribution in [1.29, 1.82) is 0 Å². The highest BCUT2D eigenvalue weighted by Gasteiger charge is 2.28. The second-order valence-electron chi connectivity index (χ2n) is 6.31. The van der Waals surface area contributed by atoms with Crippen molar-refractivity contribution < 1.29 is 9.59 Å². The van der Waals surface area contributed by atoms with Crippen LogP contribution >= 0.6 is 0 Å². The number of hydrogen-bond acceptors (Lipinski definition) is 2. The number of nitrogens with one attached hydrogen (secondary N) is 1. The average molecular weight is 310 g/mol. The number of fused-ring (bicyclic) bond motifs is 1. The van der Waals surface area contributed by atoms with Crippen LogP contribution in [0, 0.1) is 12.8 Å². The van der Waals surface area contributed by atoms with E-state index in [-0.39, 0.29) is 17.7 Å². The summed E-state index contributed by atoms with van der Waals surface area (Å²) in [4.78, 5) is 25.8. The van der Waals surface area contributed by atoms with E-state index in [1.165, 1.54) is 16.3 Å². The molecule has 0 unspecified atom stereocenters. The number of piperidine rings is 1. The van der Waals surface area contributed by atoms with Crippen molar-refractivity contribution in [2.24, 2.45) is 5.92 Å². The lowest BCUT2D eigenvalue weighted by Gasteiger charge is -2.28. The molecule has 0 aromatic heterocycles. The molecule has 3 rings (SSSR count). The van der Waals surface area contributed by atoms with Gasteiger partial charge in [-0.1, -0.05) is 36.4 Å². The molecule has 23 heavy (non-hydrogen) atoms. The molecule has 120 valence electrons. The van der Waals surface area contributed by atoms with Crippen LogP contribution in [-0.4, -0.2) is 30.3 Å². The first kappa shape index (κ1) is 15.5. The Morgan fingerprint density at radius 3 is 2.70 bits per heavy atom. The van der Waals surface area contributed by atoms with Crippen LogP contribution in [0.4, 0.5) is 0 Å². The average Bonchev–Trinajstić information content (AvgIpc) is 2.57. The minimum absolute atomic E-state index is 0.0175. The van der Waals surface area contributed by atoms with Gasteiger partial charge < -0.3 is 10.2 Å². The fourth-order valence-electron chi connectivity index (χ4n) is 3.16. The number of rotatable bonds is 3. The maximum atomic E-state index is 12.3. The number of hydrogen-bond donors (Lipinski definition) is 1. The number of carbonyl (C=O) groups excluding carboxylic acids is 2. The van der Waals surface area contributed by atoms with Crippen LogP contribution in [-0.2, 0) is 16.1 Å². The molecule has 0 spiro atoms. The highest BCUT2D eigenvalue weighted by atomic mass is 16.2. The maximum absolute atomic E-state index is 12.3. The Morgan fingerprint density at radius 2 is 1.96 bits per heavy atom. The number of aryl methyl sites for hydroxylation is 1. The summed E-state index contributed by atoms with van der Waals surface area (Å²) < 4.78 is 0. The molecular weight excluding hydrogens is 288 g/mol. The monoisotopic (exact) mass is 310 g/mol. The third-order valence-corrected chi connectivity index (χ3v) is 4.72. The van der Waals surface area contributed by atoms with Gasteiger partial charge in [0.1, 0.15) is 0 Å². The smallest absolute Gasteiger partial charge is 0.223 e. The first-order chi connectivity index (χ1) is 11.1. The fourth-order valence-corrected chi connectivity index (χ4v) is 3.16. The lowest BCUT2D eigenvalue weighted by molar-refractivity contribution is -0.139. The summed E-state index contributed by atoms with van der Waals surface area (Å²) in [6.07, 6.45) is 1.06. The molecule has 0 aliphatic carbocycles. The maximum Gasteiger partial charge on any atom is 0.223 e. The predicted octanol–water partition coefficient (Wildman–Crippen LogP) is 2.63. The Morgan fingerprint density at radius 1 is 1.22 bits per heavy atom. The molecule has 1 aliphatic heterocycles. The topological polar surface area (TPSA) is 49.4 Å². The minimum Gasteiger partial charge on any atom is -0.352 e. The van der Waals surface area contributed by atoms with E-state index in [0.29, 0.717) is 19.5 Å². The molecule has 1 atom stereocenters. The standard InChI is InChI=1S/C19H22N2O2/c1-13-7-8-15(17-6-4-3-5-16(13)17)12-20-19(23)14-9-10-21(2)18(22)11-14/h3-8,14H,9-12H2,1-2H3,(H,20,23)/t14-/m0/s1. The minimum atomic E-state index is -0.199. The van der Waals surface area contributed by atoms with Gasteiger partial charge in [0.15, 0.2) is 0 Å². The summed E-state index contributed by atoms with van der Waals surface area (Å²) >= 11 is 0. The van der Waals surface area contributed by atoms with Crippen LogP contribution in [0.5, 0.6) is 0 Å². The van der Waals surface area contributed by atoms with Gasteiger partial charge in [0, 0.05) is 32.5 Å². The van der Waals surface area contributed by atoms with Crippen molar-refractivity contribution in [1.82, 2.24) is 10.2 Å². The van der Waals surface area contributed by atoms with Crippen LogP contribution in [0.1, 0.15) is 24.0 Å². The van der Waals surface area contributed by atoms with E-state index in [4.69, 9.17) is 0 Å². The Balaban J connectivity index is 1.70. The summed E-state index contributed by atoms with van der Waals surface area (Å²) in [5, 5.41) is 5.40. The van der Waals surface area contributed by atoms with E-state index in [0.717, 1.165) is 12.0 Å². The first-order valence-corrected chi connectivity index (χ1v) is 8.05. The summed E-state index contributed by atoms with van der Waals surface area (Å²) in [6.45, 7) is 3.25. The molecule has 2 aromatic carbocycles. The van der Waals surface area contributed by atoms with Gasteiger partial charge >= 0.3 is 0 Å². The quantitative estimate of drug-likeness (QED) is 0.947. The molecule has 1 fully saturated rings. The van der Waals surface area contributed by atoms with Crippen LogP contribution in [0.25, 0.3) is 10.8 Å². The van der Waals surface area contributed by atoms with E-state index in [9.17, 15) is 9.59 Å². The number of nitrogens with zero attached hydrogens (tertiary/aromatic N) is 1. The van der Waals surface area contributed by atoms with Crippen molar-refractivity contribution >= 4 is 22.6 Å². The van der Waals surface area contributed by atoms with Gasteiger partial charge in [0.25, 0.3) is 0 Å². The van der Waals surface area contributed by atoms with E-state index in [1.54, 1.807) is 11.9 Å². The third kappa shape index (κ3) is 3.21. The Hall–Kier alpha value is -2.36. The van der Waals surface area contributed by atoms with Crippen LogP contribution in [0.15, 0.2) is 36.4 Å². The molecule has 4 heteroatoms. The molecule has 1 aliphatic rings. The third-order valence-electron chi connectivity index (χ3n) is 4.72. The van der Waals surface area contributed by atoms with E-state index in [2.05, 4.69) is 36.5 Å². The highest BCUT2D eigenvalue weighted by molar-refractivity contribution is 5.90. The second-order valence-corrected chi connectivity index (χ2v) is 6.31. The molecule has 0 saturated carbocycles. The molecule has 1 heterocycles. The lowest BCUT2D eigenvalue weighted by Crippen LogP contribution is -2.41. The van der Waals surface area contributed by atoms with Crippen LogP contribution in [0.2, 0.25) is 0 Å². The molecular formula is C19H22N2O2. The largest absolute Gasteiger partial charge is 0.352 e. The zero-order chi connectivity index (χ0) is 16.4. The Bertz CT molecular complexity index is 754. The van der Waals surface area contributed by atoms with E-state index >= 15 is 0 Å². The van der Waals surface area contributed by atoms with Crippen LogP contribution < -0.4 is 5.32 Å². The van der Waals surface area contributed by atoms with Gasteiger partial charge in [-0.3, -0.25) is 9.59 Å². The first-order valence-electron chi connectivity index (χ1n) is 8.05. The van der Waals surface area contributed by atoms with Gasteiger partial charge in [0.2, 0.25) is 11.8 Å². The summed E-state index contributed by atoms with van der Waals surface area (Å²) in [7, 11) is 1.79. The SMILES string of the molecule is Cc1ccc(CNC(=O)[C@H]2CCN(C)C(=O)C2)c2ccccc12. The number of benzene rings is 2. The summed E-state index contributed by atoms with van der Waals surface area (Å²) in [5.74, 6) is -0.163. The van der Waals surface area contributed by atoms with Crippen molar-refractivity contribution in [3.63, 3.8) is 0 Å². The van der Waals surface area contributed by atoms with E-state index in [1.807, 2.05) is 12.1 Å². The summed E-state index contributed by atoms with van der Waals surface area (Å²) in [5.41, 5.74) is 2.34. The van der Waals surface area contributed by atoms with Crippen molar-refractivity contribution in [3.05, 3.63) is 47.5 Å². The highest BCUT2D eigenvalue weighted by Crippen LogP contribution is 2.23. The Labute approximate surface area is 136 Å². The predicted molar refractivity (Wildman–Crippen MR) is 90.9 cm³/mol. The fraction of sp³-hybridized carbons (Fsp3) is 0.368.